The quantitative estimate of drug-likeness (QED) is 0.514. The van der Waals surface area contributed by atoms with Gasteiger partial charge < -0.3 is 25.0 Å². The van der Waals surface area contributed by atoms with Crippen LogP contribution < -0.4 is 0 Å². The zero-order valence-electron chi connectivity index (χ0n) is 17.1. The fraction of sp³-hybridized carbons (Fsp3) is 0.950. The molecule has 1 aliphatic heterocycles. The molecule has 0 aromatic carbocycles. The Morgan fingerprint density at radius 3 is 2.04 bits per heavy atom. The molecule has 1 fully saturated rings. The standard InChI is InChI=1S/C20H39NO5/c1-13(2)6-7-14(3)8-9-15(4)10-18(23)21(5)11-16-19(24)20(25)17(12-22)26-16/h13-17,19-20,22,24-25H,6-12H2,1-5H3. The molecule has 6 atom stereocenters. The lowest BCUT2D eigenvalue weighted by atomic mass is 9.91. The van der Waals surface area contributed by atoms with Crippen LogP contribution in [-0.4, -0.2) is 70.7 Å². The number of carbonyl (C=O) groups excluding carboxylic acids is 1. The first kappa shape index (κ1) is 23.3. The molecule has 0 saturated carbocycles. The Labute approximate surface area is 158 Å². The Hall–Kier alpha value is -0.690. The number of nitrogens with zero attached hydrogens (tertiary/aromatic N) is 1. The highest BCUT2D eigenvalue weighted by molar-refractivity contribution is 5.76. The zero-order valence-corrected chi connectivity index (χ0v) is 17.1. The molecule has 0 aliphatic carbocycles. The fourth-order valence-corrected chi connectivity index (χ4v) is 3.39. The van der Waals surface area contributed by atoms with E-state index in [-0.39, 0.29) is 19.1 Å². The molecule has 1 heterocycles. The summed E-state index contributed by atoms with van der Waals surface area (Å²) in [7, 11) is 1.69. The van der Waals surface area contributed by atoms with Gasteiger partial charge in [-0.2, -0.15) is 0 Å². The van der Waals surface area contributed by atoms with Gasteiger partial charge in [-0.3, -0.25) is 4.79 Å². The Bertz CT molecular complexity index is 417. The van der Waals surface area contributed by atoms with Crippen LogP contribution in [0.15, 0.2) is 0 Å². The lowest BCUT2D eigenvalue weighted by Gasteiger charge is -2.24. The molecule has 1 rings (SSSR count). The lowest BCUT2D eigenvalue weighted by Crippen LogP contribution is -2.41. The van der Waals surface area contributed by atoms with E-state index < -0.39 is 24.4 Å². The molecule has 0 aromatic heterocycles. The highest BCUT2D eigenvalue weighted by atomic mass is 16.6. The van der Waals surface area contributed by atoms with Gasteiger partial charge in [-0.15, -0.1) is 0 Å². The van der Waals surface area contributed by atoms with E-state index in [1.807, 2.05) is 0 Å². The van der Waals surface area contributed by atoms with Gasteiger partial charge in [0.2, 0.25) is 5.91 Å². The van der Waals surface area contributed by atoms with Crippen molar-refractivity contribution in [3.63, 3.8) is 0 Å². The average Bonchev–Trinajstić information content (AvgIpc) is 2.85. The molecular weight excluding hydrogens is 334 g/mol. The number of hydrogen-bond acceptors (Lipinski definition) is 5. The van der Waals surface area contributed by atoms with Crippen molar-refractivity contribution in [3.05, 3.63) is 0 Å². The van der Waals surface area contributed by atoms with Gasteiger partial charge in [0.05, 0.1) is 6.61 Å². The minimum atomic E-state index is -1.11. The molecule has 0 bridgehead atoms. The highest BCUT2D eigenvalue weighted by Crippen LogP contribution is 2.23. The Kier molecular flexibility index (Phi) is 10.1. The number of ether oxygens (including phenoxy) is 1. The molecule has 0 aromatic rings. The fourth-order valence-electron chi connectivity index (χ4n) is 3.39. The maximum absolute atomic E-state index is 12.4. The Morgan fingerprint density at radius 1 is 0.962 bits per heavy atom. The van der Waals surface area contributed by atoms with Crippen LogP contribution in [-0.2, 0) is 9.53 Å². The smallest absolute Gasteiger partial charge is 0.222 e. The number of carbonyl (C=O) groups is 1. The molecule has 0 spiro atoms. The van der Waals surface area contributed by atoms with E-state index in [2.05, 4.69) is 27.7 Å². The van der Waals surface area contributed by atoms with Crippen LogP contribution in [0.4, 0.5) is 0 Å². The number of aliphatic hydroxyl groups is 3. The van der Waals surface area contributed by atoms with Gasteiger partial charge in [0.25, 0.3) is 0 Å². The highest BCUT2D eigenvalue weighted by Gasteiger charge is 2.42. The first-order valence-electron chi connectivity index (χ1n) is 10.0. The lowest BCUT2D eigenvalue weighted by molar-refractivity contribution is -0.133. The topological polar surface area (TPSA) is 90.2 Å². The molecule has 0 radical (unpaired) electrons. The van der Waals surface area contributed by atoms with Crippen molar-refractivity contribution in [1.82, 2.24) is 4.90 Å². The number of rotatable bonds is 11. The second-order valence-electron chi connectivity index (χ2n) is 8.61. The van der Waals surface area contributed by atoms with Crippen LogP contribution >= 0.6 is 0 Å². The van der Waals surface area contributed by atoms with Crippen molar-refractivity contribution in [2.45, 2.75) is 84.2 Å². The number of aliphatic hydroxyl groups excluding tert-OH is 3. The first-order valence-corrected chi connectivity index (χ1v) is 10.0. The summed E-state index contributed by atoms with van der Waals surface area (Å²) < 4.78 is 5.44. The predicted octanol–water partition coefficient (Wildman–Crippen LogP) is 1.80. The van der Waals surface area contributed by atoms with E-state index in [4.69, 9.17) is 9.84 Å². The van der Waals surface area contributed by atoms with Crippen molar-refractivity contribution in [2.75, 3.05) is 20.2 Å². The molecule has 6 nitrogen and oxygen atoms in total. The molecule has 1 aliphatic rings. The summed E-state index contributed by atoms with van der Waals surface area (Å²) in [5, 5.41) is 28.9. The van der Waals surface area contributed by atoms with Crippen LogP contribution in [0, 0.1) is 17.8 Å². The second kappa shape index (κ2) is 11.2. The van der Waals surface area contributed by atoms with Crippen molar-refractivity contribution in [1.29, 1.82) is 0 Å². The SMILES string of the molecule is CC(C)CCC(C)CCC(C)CC(=O)N(C)CC1OC(CO)C(O)C1O. The van der Waals surface area contributed by atoms with Crippen LogP contribution in [0.2, 0.25) is 0 Å². The van der Waals surface area contributed by atoms with Crippen molar-refractivity contribution in [3.8, 4) is 0 Å². The predicted molar refractivity (Wildman–Crippen MR) is 102 cm³/mol. The normalized spacial score (nSPS) is 28.3. The summed E-state index contributed by atoms with van der Waals surface area (Å²) in [6, 6.07) is 0. The first-order chi connectivity index (χ1) is 12.1. The Morgan fingerprint density at radius 2 is 1.50 bits per heavy atom. The molecular formula is C20H39NO5. The molecule has 6 heteroatoms. The van der Waals surface area contributed by atoms with Gasteiger partial charge in [-0.25, -0.2) is 0 Å². The summed E-state index contributed by atoms with van der Waals surface area (Å²) in [6.07, 6.45) is 1.49. The number of hydrogen-bond donors (Lipinski definition) is 3. The molecule has 26 heavy (non-hydrogen) atoms. The van der Waals surface area contributed by atoms with Crippen LogP contribution in [0.1, 0.15) is 59.8 Å². The average molecular weight is 374 g/mol. The van der Waals surface area contributed by atoms with E-state index in [0.717, 1.165) is 18.8 Å². The third kappa shape index (κ3) is 7.51. The summed E-state index contributed by atoms with van der Waals surface area (Å²) in [4.78, 5) is 14.0. The van der Waals surface area contributed by atoms with Gasteiger partial charge in [-0.05, 0) is 24.2 Å². The maximum atomic E-state index is 12.4. The number of likely N-dealkylation sites (N-methyl/N-ethyl adjacent to an activating group) is 1. The van der Waals surface area contributed by atoms with Gasteiger partial charge in [-0.1, -0.05) is 47.0 Å². The molecule has 6 unspecified atom stereocenters. The van der Waals surface area contributed by atoms with E-state index in [1.165, 1.54) is 12.8 Å². The van der Waals surface area contributed by atoms with Gasteiger partial charge >= 0.3 is 0 Å². The largest absolute Gasteiger partial charge is 0.394 e. The van der Waals surface area contributed by atoms with Gasteiger partial charge in [0.1, 0.15) is 24.4 Å². The summed E-state index contributed by atoms with van der Waals surface area (Å²) in [5.74, 6) is 1.76. The van der Waals surface area contributed by atoms with Crippen LogP contribution in [0.25, 0.3) is 0 Å². The molecule has 3 N–H and O–H groups in total. The van der Waals surface area contributed by atoms with Crippen LogP contribution in [0.3, 0.4) is 0 Å². The third-order valence-electron chi connectivity index (χ3n) is 5.43. The van der Waals surface area contributed by atoms with E-state index in [0.29, 0.717) is 18.3 Å². The van der Waals surface area contributed by atoms with E-state index >= 15 is 0 Å². The summed E-state index contributed by atoms with van der Waals surface area (Å²) >= 11 is 0. The monoisotopic (exact) mass is 373 g/mol. The van der Waals surface area contributed by atoms with Gasteiger partial charge in [0.15, 0.2) is 0 Å². The zero-order chi connectivity index (χ0) is 19.9. The maximum Gasteiger partial charge on any atom is 0.222 e. The van der Waals surface area contributed by atoms with Crippen molar-refractivity contribution < 1.29 is 24.9 Å². The summed E-state index contributed by atoms with van der Waals surface area (Å²) in [5.41, 5.74) is 0. The van der Waals surface area contributed by atoms with E-state index in [1.54, 1.807) is 11.9 Å². The van der Waals surface area contributed by atoms with E-state index in [9.17, 15) is 15.0 Å². The van der Waals surface area contributed by atoms with Gasteiger partial charge in [0, 0.05) is 20.0 Å². The van der Waals surface area contributed by atoms with Crippen molar-refractivity contribution in [2.24, 2.45) is 17.8 Å². The minimum Gasteiger partial charge on any atom is -0.394 e. The third-order valence-corrected chi connectivity index (χ3v) is 5.43. The van der Waals surface area contributed by atoms with Crippen LogP contribution in [0.5, 0.6) is 0 Å². The van der Waals surface area contributed by atoms with Crippen molar-refractivity contribution >= 4 is 5.91 Å². The summed E-state index contributed by atoms with van der Waals surface area (Å²) in [6.45, 7) is 8.74. The molecule has 1 saturated heterocycles. The molecule has 1 amide bonds. The molecule has 154 valence electrons. The second-order valence-corrected chi connectivity index (χ2v) is 8.61. The number of amides is 1. The Balaban J connectivity index is 2.33. The minimum absolute atomic E-state index is 0.0186.